The Morgan fingerprint density at radius 2 is 2.06 bits per heavy atom. The Labute approximate surface area is 196 Å². The van der Waals surface area contributed by atoms with E-state index in [2.05, 4.69) is 25.5 Å². The van der Waals surface area contributed by atoms with Crippen molar-refractivity contribution in [3.05, 3.63) is 60.2 Å². The molecule has 0 unspecified atom stereocenters. The summed E-state index contributed by atoms with van der Waals surface area (Å²) in [6.07, 6.45) is 8.75. The minimum Gasteiger partial charge on any atom is -0.391 e. The molecule has 0 bridgehead atoms. The van der Waals surface area contributed by atoms with Crippen molar-refractivity contribution < 1.29 is 9.90 Å². The van der Waals surface area contributed by atoms with Crippen LogP contribution in [0.25, 0.3) is 22.3 Å². The lowest BCUT2D eigenvalue weighted by molar-refractivity contribution is 0.0966. The summed E-state index contributed by atoms with van der Waals surface area (Å²) in [5.41, 5.74) is 5.67. The number of nitrogens with one attached hydrogen (secondary N) is 2. The van der Waals surface area contributed by atoms with Crippen LogP contribution in [-0.4, -0.2) is 49.7 Å². The van der Waals surface area contributed by atoms with Gasteiger partial charge in [-0.15, -0.1) is 0 Å². The first kappa shape index (κ1) is 20.6. The largest absolute Gasteiger partial charge is 0.391 e. The molecule has 9 nitrogen and oxygen atoms in total. The number of anilines is 3. The molecule has 4 aromatic heterocycles. The van der Waals surface area contributed by atoms with Crippen molar-refractivity contribution in [1.82, 2.24) is 24.8 Å². The van der Waals surface area contributed by atoms with Crippen LogP contribution in [0.2, 0.25) is 0 Å². The molecule has 4 aromatic rings. The minimum atomic E-state index is -0.297. The van der Waals surface area contributed by atoms with Crippen LogP contribution in [0.15, 0.2) is 49.1 Å². The van der Waals surface area contributed by atoms with Gasteiger partial charge in [-0.2, -0.15) is 0 Å². The molecule has 0 radical (unpaired) electrons. The van der Waals surface area contributed by atoms with Crippen molar-refractivity contribution in [2.24, 2.45) is 7.05 Å². The van der Waals surface area contributed by atoms with Crippen molar-refractivity contribution in [2.75, 3.05) is 23.3 Å². The molecule has 2 aliphatic rings. The van der Waals surface area contributed by atoms with Gasteiger partial charge in [0.15, 0.2) is 0 Å². The van der Waals surface area contributed by atoms with Crippen LogP contribution in [0, 0.1) is 0 Å². The topological polar surface area (TPSA) is 108 Å². The van der Waals surface area contributed by atoms with Crippen LogP contribution in [0.4, 0.5) is 17.2 Å². The zero-order valence-corrected chi connectivity index (χ0v) is 18.8. The molecule has 172 valence electrons. The third-order valence-corrected chi connectivity index (χ3v) is 6.63. The van der Waals surface area contributed by atoms with Crippen LogP contribution in [0.3, 0.4) is 0 Å². The lowest BCUT2D eigenvalue weighted by atomic mass is 10.0. The Morgan fingerprint density at radius 1 is 1.15 bits per heavy atom. The predicted molar refractivity (Wildman–Crippen MR) is 130 cm³/mol. The first-order valence-corrected chi connectivity index (χ1v) is 11.4. The molecule has 1 amide bonds. The molecular formula is C25H25N7O2. The molecule has 0 saturated carbocycles. The molecule has 6 heterocycles. The van der Waals surface area contributed by atoms with Crippen LogP contribution in [-0.2, 0) is 13.6 Å². The number of aliphatic hydroxyl groups excluding tert-OH is 1. The zero-order valence-electron chi connectivity index (χ0n) is 18.8. The average Bonchev–Trinajstić information content (AvgIpc) is 3.43. The summed E-state index contributed by atoms with van der Waals surface area (Å²) in [5.74, 6) is 0.505. The molecule has 1 atom stereocenters. The number of piperidine rings is 1. The van der Waals surface area contributed by atoms with Gasteiger partial charge in [0.1, 0.15) is 11.5 Å². The normalized spacial score (nSPS) is 17.6. The number of hydrogen-bond donors (Lipinski definition) is 3. The molecule has 2 aliphatic heterocycles. The van der Waals surface area contributed by atoms with Gasteiger partial charge in [0.05, 0.1) is 41.1 Å². The average molecular weight is 456 g/mol. The van der Waals surface area contributed by atoms with Gasteiger partial charge in [-0.05, 0) is 37.1 Å². The van der Waals surface area contributed by atoms with E-state index < -0.39 is 0 Å². The second kappa shape index (κ2) is 8.11. The highest BCUT2D eigenvalue weighted by Gasteiger charge is 2.28. The van der Waals surface area contributed by atoms with Gasteiger partial charge in [-0.3, -0.25) is 9.78 Å². The molecule has 0 aliphatic carbocycles. The SMILES string of the molecule is Cn1ccc2c(-c3ncc(Nc4ccc(N5CCC[C@H](O)C5)cn4)c4c3CNC4=O)ccnc21. The predicted octanol–water partition coefficient (Wildman–Crippen LogP) is 2.98. The highest BCUT2D eigenvalue weighted by Crippen LogP contribution is 2.36. The second-order valence-corrected chi connectivity index (χ2v) is 8.85. The number of aromatic nitrogens is 4. The summed E-state index contributed by atoms with van der Waals surface area (Å²) in [5, 5.41) is 17.2. The van der Waals surface area contributed by atoms with Gasteiger partial charge >= 0.3 is 0 Å². The van der Waals surface area contributed by atoms with E-state index in [1.165, 1.54) is 0 Å². The number of aryl methyl sites for hydroxylation is 1. The molecule has 34 heavy (non-hydrogen) atoms. The standard InChI is InChI=1S/C25H25N7O2/c1-31-10-7-18-17(6-8-26-24(18)31)23-19-12-29-25(34)22(19)20(13-28-23)30-21-5-4-15(11-27-21)32-9-2-3-16(33)14-32/h4-8,10-11,13,16,33H,2-3,9,12,14H2,1H3,(H,27,30)(H,29,34)/t16-/m0/s1. The van der Waals surface area contributed by atoms with E-state index in [0.717, 1.165) is 52.9 Å². The summed E-state index contributed by atoms with van der Waals surface area (Å²) in [6, 6.07) is 7.84. The number of β-amino-alcohol motifs (C(OH)–C–C–N with tert-alkyl or cyclic N) is 1. The van der Waals surface area contributed by atoms with Gasteiger partial charge in [0.25, 0.3) is 5.91 Å². The quantitative estimate of drug-likeness (QED) is 0.434. The first-order chi connectivity index (χ1) is 16.6. The molecule has 0 spiro atoms. The van der Waals surface area contributed by atoms with E-state index >= 15 is 0 Å². The third-order valence-electron chi connectivity index (χ3n) is 6.63. The fourth-order valence-electron chi connectivity index (χ4n) is 4.91. The van der Waals surface area contributed by atoms with E-state index in [1.54, 1.807) is 18.6 Å². The first-order valence-electron chi connectivity index (χ1n) is 11.4. The minimum absolute atomic E-state index is 0.126. The molecule has 1 fully saturated rings. The van der Waals surface area contributed by atoms with Gasteiger partial charge in [-0.25, -0.2) is 9.97 Å². The van der Waals surface area contributed by atoms with Crippen molar-refractivity contribution >= 4 is 34.1 Å². The van der Waals surface area contributed by atoms with Crippen LogP contribution >= 0.6 is 0 Å². The number of hydrogen-bond acceptors (Lipinski definition) is 7. The third kappa shape index (κ3) is 3.45. The Hall–Kier alpha value is -3.98. The Balaban J connectivity index is 1.33. The van der Waals surface area contributed by atoms with Gasteiger partial charge in [0, 0.05) is 55.6 Å². The molecule has 6 rings (SSSR count). The highest BCUT2D eigenvalue weighted by atomic mass is 16.3. The summed E-state index contributed by atoms with van der Waals surface area (Å²) in [7, 11) is 1.96. The maximum absolute atomic E-state index is 12.8. The van der Waals surface area contributed by atoms with Crippen LogP contribution in [0.1, 0.15) is 28.8 Å². The fraction of sp³-hybridized carbons (Fsp3) is 0.280. The zero-order chi connectivity index (χ0) is 23.2. The number of fused-ring (bicyclic) bond motifs is 2. The number of rotatable bonds is 4. The van der Waals surface area contributed by atoms with Crippen molar-refractivity contribution in [2.45, 2.75) is 25.5 Å². The second-order valence-electron chi connectivity index (χ2n) is 8.85. The fourth-order valence-corrected chi connectivity index (χ4v) is 4.91. The molecule has 0 aromatic carbocycles. The summed E-state index contributed by atoms with van der Waals surface area (Å²) in [6.45, 7) is 1.96. The Morgan fingerprint density at radius 3 is 2.88 bits per heavy atom. The number of aliphatic hydroxyl groups is 1. The Kier molecular flexibility index (Phi) is 4.91. The monoisotopic (exact) mass is 455 g/mol. The summed E-state index contributed by atoms with van der Waals surface area (Å²) in [4.78, 5) is 28.7. The maximum atomic E-state index is 12.8. The number of carbonyl (C=O) groups is 1. The lowest BCUT2D eigenvalue weighted by Crippen LogP contribution is -2.38. The van der Waals surface area contributed by atoms with E-state index in [-0.39, 0.29) is 12.0 Å². The number of carbonyl (C=O) groups excluding carboxylic acids is 1. The van der Waals surface area contributed by atoms with Crippen molar-refractivity contribution in [3.8, 4) is 11.3 Å². The molecule has 9 heteroatoms. The summed E-state index contributed by atoms with van der Waals surface area (Å²) >= 11 is 0. The van der Waals surface area contributed by atoms with Crippen molar-refractivity contribution in [3.63, 3.8) is 0 Å². The molecule has 3 N–H and O–H groups in total. The van der Waals surface area contributed by atoms with E-state index in [4.69, 9.17) is 4.98 Å². The lowest BCUT2D eigenvalue weighted by Gasteiger charge is -2.31. The number of nitrogens with zero attached hydrogens (tertiary/aromatic N) is 5. The van der Waals surface area contributed by atoms with Crippen LogP contribution in [0.5, 0.6) is 0 Å². The van der Waals surface area contributed by atoms with Crippen LogP contribution < -0.4 is 15.5 Å². The molecular weight excluding hydrogens is 430 g/mol. The maximum Gasteiger partial charge on any atom is 0.254 e. The van der Waals surface area contributed by atoms with Gasteiger partial charge in [-0.1, -0.05) is 0 Å². The number of amides is 1. The number of pyridine rings is 3. The smallest absolute Gasteiger partial charge is 0.254 e. The van der Waals surface area contributed by atoms with E-state index in [1.807, 2.05) is 42.1 Å². The summed E-state index contributed by atoms with van der Waals surface area (Å²) < 4.78 is 1.97. The van der Waals surface area contributed by atoms with E-state index in [0.29, 0.717) is 30.2 Å². The van der Waals surface area contributed by atoms with Gasteiger partial charge < -0.3 is 25.2 Å². The Bertz CT molecular complexity index is 1400. The van der Waals surface area contributed by atoms with Crippen molar-refractivity contribution in [1.29, 1.82) is 0 Å². The van der Waals surface area contributed by atoms with E-state index in [9.17, 15) is 9.90 Å². The molecule has 1 saturated heterocycles. The van der Waals surface area contributed by atoms with Gasteiger partial charge in [0.2, 0.25) is 0 Å². The highest BCUT2D eigenvalue weighted by molar-refractivity contribution is 6.06.